The Kier molecular flexibility index (Phi) is 3.02. The van der Waals surface area contributed by atoms with Crippen LogP contribution in [-0.4, -0.2) is 47.6 Å². The number of aliphatic hydroxyl groups excluding tert-OH is 1. The van der Waals surface area contributed by atoms with Gasteiger partial charge >= 0.3 is 5.97 Å². The Bertz CT molecular complexity index is 635. The third-order valence-corrected chi connectivity index (χ3v) is 5.04. The zero-order valence-electron chi connectivity index (χ0n) is 11.9. The Balaban J connectivity index is 1.71. The summed E-state index contributed by atoms with van der Waals surface area (Å²) in [5, 5.41) is 13.8. The Hall–Kier alpha value is -1.86. The third-order valence-electron chi connectivity index (χ3n) is 4.72. The Labute approximate surface area is 133 Å². The number of carbonyl (C=O) groups excluding carboxylic acids is 1. The summed E-state index contributed by atoms with van der Waals surface area (Å²) in [6.07, 6.45) is -0.750. The zero-order valence-corrected chi connectivity index (χ0v) is 12.7. The number of nitrogens with one attached hydrogen (secondary N) is 1. The number of nitrogens with zero attached hydrogens (tertiary/aromatic N) is 1. The molecule has 0 spiro atoms. The van der Waals surface area contributed by atoms with Gasteiger partial charge in [0.1, 0.15) is 11.9 Å². The highest BCUT2D eigenvalue weighted by Gasteiger charge is 2.60. The van der Waals surface area contributed by atoms with Crippen LogP contribution in [0.15, 0.2) is 24.3 Å². The van der Waals surface area contributed by atoms with Crippen LogP contribution in [0.25, 0.3) is 0 Å². The molecule has 116 valence electrons. The van der Waals surface area contributed by atoms with E-state index in [2.05, 4.69) is 5.32 Å². The molecule has 0 amide bonds. The number of benzene rings is 1. The number of anilines is 1. The van der Waals surface area contributed by atoms with Crippen molar-refractivity contribution in [2.75, 3.05) is 12.0 Å². The molecule has 2 bridgehead atoms. The van der Waals surface area contributed by atoms with E-state index in [0.29, 0.717) is 11.5 Å². The zero-order chi connectivity index (χ0) is 15.4. The van der Waals surface area contributed by atoms with E-state index in [1.165, 1.54) is 0 Å². The molecule has 1 aliphatic carbocycles. The number of ether oxygens (including phenoxy) is 2. The van der Waals surface area contributed by atoms with E-state index in [1.807, 2.05) is 29.2 Å². The first kappa shape index (κ1) is 13.8. The average Bonchev–Trinajstić information content (AvgIpc) is 2.87. The highest BCUT2D eigenvalue weighted by atomic mass is 32.1. The first-order valence-corrected chi connectivity index (χ1v) is 7.63. The standard InChI is InChI=1S/C15H16N2O4S/c1-20-8-4-2-7(3-5-8)17-12-9-6-10(18)13(21-14(9)19)11(12)16-15(17)22/h2-5,9-13,18H,6H2,1H3,(H,16,22)/t9-,10-,11-,12-,13+/m1/s1. The van der Waals surface area contributed by atoms with E-state index in [0.717, 1.165) is 11.4 Å². The summed E-state index contributed by atoms with van der Waals surface area (Å²) in [4.78, 5) is 14.0. The second kappa shape index (κ2) is 4.82. The summed E-state index contributed by atoms with van der Waals surface area (Å²) in [5.41, 5.74) is 0.903. The normalized spacial score (nSPS) is 35.9. The van der Waals surface area contributed by atoms with E-state index in [-0.39, 0.29) is 24.0 Å². The third kappa shape index (κ3) is 1.82. The fourth-order valence-corrected chi connectivity index (χ4v) is 4.08. The van der Waals surface area contributed by atoms with Crippen LogP contribution in [0.5, 0.6) is 5.75 Å². The lowest BCUT2D eigenvalue weighted by Gasteiger charge is -2.47. The van der Waals surface area contributed by atoms with E-state index in [9.17, 15) is 9.90 Å². The molecular formula is C15H16N2O4S. The van der Waals surface area contributed by atoms with Crippen LogP contribution in [0.2, 0.25) is 0 Å². The molecule has 1 saturated carbocycles. The quantitative estimate of drug-likeness (QED) is 0.605. The van der Waals surface area contributed by atoms with Crippen molar-refractivity contribution in [1.29, 1.82) is 0 Å². The van der Waals surface area contributed by atoms with Crippen LogP contribution in [0.4, 0.5) is 5.69 Å². The highest BCUT2D eigenvalue weighted by Crippen LogP contribution is 2.42. The number of hydrogen-bond donors (Lipinski definition) is 2. The maximum absolute atomic E-state index is 12.1. The fourth-order valence-electron chi connectivity index (χ4n) is 3.71. The lowest BCUT2D eigenvalue weighted by Crippen LogP contribution is -2.66. The lowest BCUT2D eigenvalue weighted by atomic mass is 9.75. The number of rotatable bonds is 2. The van der Waals surface area contributed by atoms with Crippen molar-refractivity contribution in [3.05, 3.63) is 24.3 Å². The van der Waals surface area contributed by atoms with Crippen LogP contribution in [0, 0.1) is 5.92 Å². The number of fused-ring (bicyclic) bond motifs is 2. The second-order valence-electron chi connectivity index (χ2n) is 5.84. The first-order valence-electron chi connectivity index (χ1n) is 7.22. The molecule has 2 N–H and O–H groups in total. The number of aliphatic hydroxyl groups is 1. The molecule has 3 heterocycles. The van der Waals surface area contributed by atoms with Crippen molar-refractivity contribution in [2.24, 2.45) is 5.92 Å². The summed E-state index contributed by atoms with van der Waals surface area (Å²) >= 11 is 5.44. The van der Waals surface area contributed by atoms with Crippen LogP contribution in [-0.2, 0) is 9.53 Å². The largest absolute Gasteiger partial charge is 0.497 e. The van der Waals surface area contributed by atoms with Crippen molar-refractivity contribution < 1.29 is 19.4 Å². The van der Waals surface area contributed by atoms with Gasteiger partial charge in [-0.25, -0.2) is 0 Å². The van der Waals surface area contributed by atoms with Gasteiger partial charge in [-0.3, -0.25) is 4.79 Å². The van der Waals surface area contributed by atoms with Crippen LogP contribution in [0.3, 0.4) is 0 Å². The van der Waals surface area contributed by atoms with Crippen LogP contribution >= 0.6 is 12.2 Å². The van der Waals surface area contributed by atoms with Gasteiger partial charge in [0, 0.05) is 5.69 Å². The van der Waals surface area contributed by atoms with E-state index < -0.39 is 12.2 Å². The van der Waals surface area contributed by atoms with Crippen LogP contribution < -0.4 is 15.0 Å². The van der Waals surface area contributed by atoms with E-state index >= 15 is 0 Å². The van der Waals surface area contributed by atoms with Crippen molar-refractivity contribution in [2.45, 2.75) is 30.7 Å². The molecule has 0 radical (unpaired) electrons. The molecule has 22 heavy (non-hydrogen) atoms. The Morgan fingerprint density at radius 1 is 1.41 bits per heavy atom. The van der Waals surface area contributed by atoms with Gasteiger partial charge in [0.2, 0.25) is 0 Å². The molecule has 6 nitrogen and oxygen atoms in total. The minimum atomic E-state index is -0.630. The smallest absolute Gasteiger partial charge is 0.311 e. The van der Waals surface area contributed by atoms with Gasteiger partial charge in [0.15, 0.2) is 5.11 Å². The number of hydrogen-bond acceptors (Lipinski definition) is 5. The van der Waals surface area contributed by atoms with Gasteiger partial charge in [0.25, 0.3) is 0 Å². The van der Waals surface area contributed by atoms with Crippen molar-refractivity contribution in [3.63, 3.8) is 0 Å². The second-order valence-corrected chi connectivity index (χ2v) is 6.23. The van der Waals surface area contributed by atoms with Crippen molar-refractivity contribution in [1.82, 2.24) is 5.32 Å². The van der Waals surface area contributed by atoms with E-state index in [1.54, 1.807) is 7.11 Å². The predicted molar refractivity (Wildman–Crippen MR) is 82.8 cm³/mol. The van der Waals surface area contributed by atoms with Gasteiger partial charge in [0.05, 0.1) is 31.2 Å². The molecule has 0 unspecified atom stereocenters. The summed E-state index contributed by atoms with van der Waals surface area (Å²) in [7, 11) is 1.62. The lowest BCUT2D eigenvalue weighted by molar-refractivity contribution is -0.188. The molecule has 3 saturated heterocycles. The van der Waals surface area contributed by atoms with Gasteiger partial charge in [-0.1, -0.05) is 0 Å². The SMILES string of the molecule is COc1ccc(N2C(=S)N[C@H]3[C@H]4OC(=O)[C@H](C[C@H]4O)[C@H]32)cc1. The molecular weight excluding hydrogens is 304 g/mol. The van der Waals surface area contributed by atoms with Gasteiger partial charge < -0.3 is 24.8 Å². The molecule has 5 atom stereocenters. The fraction of sp³-hybridized carbons (Fsp3) is 0.467. The molecule has 4 fully saturated rings. The molecule has 0 aromatic heterocycles. The molecule has 3 aliphatic heterocycles. The average molecular weight is 320 g/mol. The number of carbonyl (C=O) groups is 1. The monoisotopic (exact) mass is 320 g/mol. The van der Waals surface area contributed by atoms with Crippen LogP contribution in [0.1, 0.15) is 6.42 Å². The van der Waals surface area contributed by atoms with Crippen molar-refractivity contribution >= 4 is 29.0 Å². The first-order chi connectivity index (χ1) is 10.6. The Morgan fingerprint density at radius 3 is 2.82 bits per heavy atom. The van der Waals surface area contributed by atoms with Gasteiger partial charge in [-0.05, 0) is 42.9 Å². The maximum Gasteiger partial charge on any atom is 0.311 e. The van der Waals surface area contributed by atoms with Gasteiger partial charge in [-0.2, -0.15) is 0 Å². The summed E-state index contributed by atoms with van der Waals surface area (Å²) < 4.78 is 10.5. The number of thiocarbonyl (C=S) groups is 1. The van der Waals surface area contributed by atoms with Crippen molar-refractivity contribution in [3.8, 4) is 5.75 Å². The summed E-state index contributed by atoms with van der Waals surface area (Å²) in [6.45, 7) is 0. The predicted octanol–water partition coefficient (Wildman–Crippen LogP) is 0.433. The molecule has 7 heteroatoms. The molecule has 1 aromatic carbocycles. The summed E-state index contributed by atoms with van der Waals surface area (Å²) in [6, 6.07) is 7.27. The summed E-state index contributed by atoms with van der Waals surface area (Å²) in [5.74, 6) is 0.139. The van der Waals surface area contributed by atoms with Gasteiger partial charge in [-0.15, -0.1) is 0 Å². The maximum atomic E-state index is 12.1. The topological polar surface area (TPSA) is 71.0 Å². The number of methoxy groups -OCH3 is 1. The highest BCUT2D eigenvalue weighted by molar-refractivity contribution is 7.80. The minimum Gasteiger partial charge on any atom is -0.497 e. The molecule has 1 aromatic rings. The Morgan fingerprint density at radius 2 is 2.14 bits per heavy atom. The minimum absolute atomic E-state index is 0.115. The molecule has 5 rings (SSSR count). The molecule has 4 aliphatic rings. The van der Waals surface area contributed by atoms with E-state index in [4.69, 9.17) is 21.7 Å². The number of esters is 1.